The molecule has 0 aromatic rings. The minimum absolute atomic E-state index is 0.0522. The summed E-state index contributed by atoms with van der Waals surface area (Å²) in [4.78, 5) is 11.4. The summed E-state index contributed by atoms with van der Waals surface area (Å²) >= 11 is 5.76. The van der Waals surface area contributed by atoms with Gasteiger partial charge in [-0.1, -0.05) is 13.5 Å². The smallest absolute Gasteiger partial charge is 0.368 e. The molecular formula is C19H32ClF4N3O2. The summed E-state index contributed by atoms with van der Waals surface area (Å²) in [7, 11) is 1.66. The van der Waals surface area contributed by atoms with Crippen LogP contribution in [0.5, 0.6) is 0 Å². The van der Waals surface area contributed by atoms with Crippen LogP contribution in [0.3, 0.4) is 0 Å². The number of rotatable bonds is 6. The predicted octanol–water partition coefficient (Wildman–Crippen LogP) is 3.63. The Bertz CT molecular complexity index is 522. The maximum atomic E-state index is 13.3. The molecule has 1 heterocycles. The van der Waals surface area contributed by atoms with Crippen LogP contribution in [0.2, 0.25) is 0 Å². The summed E-state index contributed by atoms with van der Waals surface area (Å²) in [6, 6.07) is 0. The van der Waals surface area contributed by atoms with Crippen LogP contribution >= 0.6 is 11.6 Å². The standard InChI is InChI=1S/C12H19ClFNO2.C7H13F3N2/c1-3-8(2)15-12(16)7-17-9-4-5-10(13)11(14)6-9;1-11-6-4-5(2-3-12-6)7(8,9)10/h9-11H,2-7H2,1H3,(H,15,16);5-6,11-12H,2-4H2,1H3. The van der Waals surface area contributed by atoms with Gasteiger partial charge >= 0.3 is 6.18 Å². The predicted molar refractivity (Wildman–Crippen MR) is 105 cm³/mol. The molecule has 29 heavy (non-hydrogen) atoms. The van der Waals surface area contributed by atoms with Crippen LogP contribution in [0.25, 0.3) is 0 Å². The fourth-order valence-electron chi connectivity index (χ4n) is 3.14. The maximum absolute atomic E-state index is 13.3. The van der Waals surface area contributed by atoms with Crippen LogP contribution in [-0.2, 0) is 9.53 Å². The number of carbonyl (C=O) groups excluding carboxylic acids is 1. The Morgan fingerprint density at radius 1 is 1.28 bits per heavy atom. The van der Waals surface area contributed by atoms with E-state index in [4.69, 9.17) is 16.3 Å². The molecule has 2 fully saturated rings. The zero-order valence-electron chi connectivity index (χ0n) is 17.0. The molecule has 2 aliphatic rings. The van der Waals surface area contributed by atoms with Crippen LogP contribution in [0.15, 0.2) is 12.3 Å². The van der Waals surface area contributed by atoms with E-state index in [2.05, 4.69) is 22.5 Å². The fraction of sp³-hybridized carbons (Fsp3) is 0.842. The number of carbonyl (C=O) groups is 1. The molecule has 170 valence electrons. The second-order valence-corrected chi connectivity index (χ2v) is 7.90. The van der Waals surface area contributed by atoms with Crippen molar-refractivity contribution in [2.24, 2.45) is 5.92 Å². The SMILES string of the molecule is C=C(CC)NC(=O)COC1CCC(Cl)C(F)C1.CNC1CC(C(F)(F)F)CCN1. The number of nitrogens with one attached hydrogen (secondary N) is 3. The number of amides is 1. The largest absolute Gasteiger partial charge is 0.391 e. The first-order valence-corrected chi connectivity index (χ1v) is 10.3. The monoisotopic (exact) mass is 445 g/mol. The Kier molecular flexibility index (Phi) is 11.5. The summed E-state index contributed by atoms with van der Waals surface area (Å²) in [6.07, 6.45) is -2.87. The van der Waals surface area contributed by atoms with E-state index >= 15 is 0 Å². The first-order chi connectivity index (χ1) is 13.6. The lowest BCUT2D eigenvalue weighted by Gasteiger charge is -2.31. The second kappa shape index (κ2) is 12.7. The molecule has 10 heteroatoms. The molecule has 1 aliphatic heterocycles. The minimum atomic E-state index is -4.03. The quantitative estimate of drug-likeness (QED) is 0.431. The third-order valence-corrected chi connectivity index (χ3v) is 5.54. The van der Waals surface area contributed by atoms with E-state index in [9.17, 15) is 22.4 Å². The van der Waals surface area contributed by atoms with Crippen LogP contribution in [-0.4, -0.2) is 56.1 Å². The normalized spacial score (nSPS) is 30.1. The highest BCUT2D eigenvalue weighted by Gasteiger charge is 2.41. The Balaban J connectivity index is 0.000000308. The number of hydrogen-bond acceptors (Lipinski definition) is 4. The Labute approximate surface area is 175 Å². The highest BCUT2D eigenvalue weighted by atomic mass is 35.5. The third-order valence-electron chi connectivity index (χ3n) is 5.05. The van der Waals surface area contributed by atoms with Gasteiger partial charge in [-0.05, 0) is 45.7 Å². The summed E-state index contributed by atoms with van der Waals surface area (Å²) in [6.45, 7) is 5.95. The summed E-state index contributed by atoms with van der Waals surface area (Å²) < 4.78 is 55.2. The second-order valence-electron chi connectivity index (χ2n) is 7.34. The number of ether oxygens (including phenoxy) is 1. The molecule has 1 saturated carbocycles. The van der Waals surface area contributed by atoms with Crippen molar-refractivity contribution in [2.75, 3.05) is 20.2 Å². The van der Waals surface area contributed by atoms with Gasteiger partial charge in [0.15, 0.2) is 0 Å². The van der Waals surface area contributed by atoms with E-state index < -0.39 is 23.6 Å². The van der Waals surface area contributed by atoms with Crippen LogP contribution in [0.4, 0.5) is 17.6 Å². The molecule has 2 rings (SSSR count). The molecule has 0 radical (unpaired) electrons. The first kappa shape index (κ1) is 26.1. The zero-order valence-corrected chi connectivity index (χ0v) is 17.7. The van der Waals surface area contributed by atoms with Crippen molar-refractivity contribution < 1.29 is 27.1 Å². The van der Waals surface area contributed by atoms with E-state index in [1.165, 1.54) is 0 Å². The highest BCUT2D eigenvalue weighted by molar-refractivity contribution is 6.21. The van der Waals surface area contributed by atoms with Gasteiger partial charge in [0.25, 0.3) is 0 Å². The van der Waals surface area contributed by atoms with Crippen molar-refractivity contribution in [3.8, 4) is 0 Å². The number of piperidine rings is 1. The highest BCUT2D eigenvalue weighted by Crippen LogP contribution is 2.33. The Morgan fingerprint density at radius 3 is 2.52 bits per heavy atom. The van der Waals surface area contributed by atoms with Crippen molar-refractivity contribution in [3.05, 3.63) is 12.3 Å². The molecule has 5 nitrogen and oxygen atoms in total. The van der Waals surface area contributed by atoms with E-state index in [1.807, 2.05) is 6.92 Å². The van der Waals surface area contributed by atoms with Crippen molar-refractivity contribution in [3.63, 3.8) is 0 Å². The summed E-state index contributed by atoms with van der Waals surface area (Å²) in [5.41, 5.74) is 0.659. The van der Waals surface area contributed by atoms with Crippen LogP contribution < -0.4 is 16.0 Å². The van der Waals surface area contributed by atoms with E-state index in [0.717, 1.165) is 0 Å². The van der Waals surface area contributed by atoms with Gasteiger partial charge in [-0.15, -0.1) is 11.6 Å². The molecule has 3 N–H and O–H groups in total. The van der Waals surface area contributed by atoms with E-state index in [1.54, 1.807) is 7.05 Å². The molecule has 1 amide bonds. The topological polar surface area (TPSA) is 62.4 Å². The van der Waals surface area contributed by atoms with Gasteiger partial charge in [0.05, 0.1) is 23.6 Å². The molecular weight excluding hydrogens is 414 g/mol. The van der Waals surface area contributed by atoms with Gasteiger partial charge in [0, 0.05) is 12.1 Å². The van der Waals surface area contributed by atoms with Gasteiger partial charge < -0.3 is 20.7 Å². The van der Waals surface area contributed by atoms with Crippen molar-refractivity contribution in [2.45, 2.75) is 75.4 Å². The molecule has 0 bridgehead atoms. The third kappa shape index (κ3) is 10.1. The molecule has 0 aromatic carbocycles. The number of allylic oxidation sites excluding steroid dienone is 1. The van der Waals surface area contributed by atoms with Crippen molar-refractivity contribution in [1.82, 2.24) is 16.0 Å². The lowest BCUT2D eigenvalue weighted by molar-refractivity contribution is -0.183. The van der Waals surface area contributed by atoms with Gasteiger partial charge in [-0.2, -0.15) is 13.2 Å². The van der Waals surface area contributed by atoms with Gasteiger partial charge in [0.2, 0.25) is 5.91 Å². The van der Waals surface area contributed by atoms with Gasteiger partial charge in [-0.3, -0.25) is 4.79 Å². The molecule has 5 atom stereocenters. The Morgan fingerprint density at radius 2 is 1.97 bits per heavy atom. The van der Waals surface area contributed by atoms with E-state index in [0.29, 0.717) is 31.5 Å². The van der Waals surface area contributed by atoms with Crippen LogP contribution in [0.1, 0.15) is 45.4 Å². The number of alkyl halides is 5. The average Bonchev–Trinajstić information content (AvgIpc) is 2.68. The van der Waals surface area contributed by atoms with Crippen molar-refractivity contribution in [1.29, 1.82) is 0 Å². The van der Waals surface area contributed by atoms with Crippen LogP contribution in [0, 0.1) is 5.92 Å². The van der Waals surface area contributed by atoms with Gasteiger partial charge in [0.1, 0.15) is 12.8 Å². The first-order valence-electron chi connectivity index (χ1n) is 9.91. The number of hydrogen-bond donors (Lipinski definition) is 3. The average molecular weight is 446 g/mol. The van der Waals surface area contributed by atoms with Gasteiger partial charge in [-0.25, -0.2) is 4.39 Å². The number of halogens is 5. The minimum Gasteiger partial charge on any atom is -0.368 e. The molecule has 1 saturated heterocycles. The maximum Gasteiger partial charge on any atom is 0.391 e. The summed E-state index contributed by atoms with van der Waals surface area (Å²) in [5, 5.41) is 7.95. The lowest BCUT2D eigenvalue weighted by Crippen LogP contribution is -2.49. The fourth-order valence-corrected chi connectivity index (χ4v) is 3.37. The Hall–Kier alpha value is -0.900. The molecule has 1 aliphatic carbocycles. The zero-order chi connectivity index (χ0) is 22.0. The molecule has 0 aromatic heterocycles. The van der Waals surface area contributed by atoms with Crippen molar-refractivity contribution >= 4 is 17.5 Å². The lowest BCUT2D eigenvalue weighted by atomic mass is 9.95. The summed E-state index contributed by atoms with van der Waals surface area (Å²) in [5.74, 6) is -1.38. The van der Waals surface area contributed by atoms with E-state index in [-0.39, 0.29) is 44.0 Å². The molecule has 5 unspecified atom stereocenters. The molecule has 0 spiro atoms.